The summed E-state index contributed by atoms with van der Waals surface area (Å²) in [7, 11) is 3.26. The summed E-state index contributed by atoms with van der Waals surface area (Å²) in [6.45, 7) is 0. The minimum atomic E-state index is -0.844. The highest BCUT2D eigenvalue weighted by atomic mass is 16.2. The molecule has 1 fully saturated rings. The summed E-state index contributed by atoms with van der Waals surface area (Å²) in [5, 5.41) is 0. The first-order valence-electron chi connectivity index (χ1n) is 3.52. The molecule has 1 rings (SSSR count). The second-order valence-electron chi connectivity index (χ2n) is 3.15. The zero-order valence-electron chi connectivity index (χ0n) is 6.76. The molecule has 0 aliphatic heterocycles. The first kappa shape index (κ1) is 8.04. The molecule has 2 amide bonds. The van der Waals surface area contributed by atoms with Gasteiger partial charge in [0.25, 0.3) is 0 Å². The zero-order chi connectivity index (χ0) is 8.65. The van der Waals surface area contributed by atoms with Gasteiger partial charge in [-0.2, -0.15) is 0 Å². The molecule has 1 aliphatic carbocycles. The van der Waals surface area contributed by atoms with Gasteiger partial charge in [0, 0.05) is 14.1 Å². The Balaban J connectivity index is 2.74. The van der Waals surface area contributed by atoms with Crippen molar-refractivity contribution < 1.29 is 9.59 Å². The lowest BCUT2D eigenvalue weighted by molar-refractivity contribution is -0.141. The van der Waals surface area contributed by atoms with E-state index in [1.54, 1.807) is 14.1 Å². The van der Waals surface area contributed by atoms with Crippen LogP contribution in [0.1, 0.15) is 12.8 Å². The molecule has 0 bridgehead atoms. The number of nitrogens with two attached hydrogens (primary N) is 1. The summed E-state index contributed by atoms with van der Waals surface area (Å²) in [6.07, 6.45) is 1.22. The average molecular weight is 156 g/mol. The molecule has 0 aromatic rings. The van der Waals surface area contributed by atoms with E-state index in [-0.39, 0.29) is 5.91 Å². The summed E-state index contributed by atoms with van der Waals surface area (Å²) < 4.78 is 0. The van der Waals surface area contributed by atoms with Crippen LogP contribution in [-0.4, -0.2) is 30.8 Å². The van der Waals surface area contributed by atoms with E-state index in [9.17, 15) is 9.59 Å². The van der Waals surface area contributed by atoms with Gasteiger partial charge in [0.1, 0.15) is 5.41 Å². The maximum Gasteiger partial charge on any atom is 0.237 e. The lowest BCUT2D eigenvalue weighted by atomic mass is 10.1. The molecule has 1 aliphatic rings. The molecule has 2 N–H and O–H groups in total. The molecule has 0 spiro atoms. The van der Waals surface area contributed by atoms with Gasteiger partial charge in [0.15, 0.2) is 0 Å². The first-order chi connectivity index (χ1) is 5.00. The number of hydrogen-bond acceptors (Lipinski definition) is 2. The minimum Gasteiger partial charge on any atom is -0.369 e. The van der Waals surface area contributed by atoms with Gasteiger partial charge >= 0.3 is 0 Å². The van der Waals surface area contributed by atoms with Gasteiger partial charge in [-0.1, -0.05) is 0 Å². The molecule has 0 atom stereocenters. The molecule has 0 saturated heterocycles. The van der Waals surface area contributed by atoms with Gasteiger partial charge in [-0.25, -0.2) is 0 Å². The minimum absolute atomic E-state index is 0.162. The summed E-state index contributed by atoms with van der Waals surface area (Å²) >= 11 is 0. The molecule has 0 aromatic heterocycles. The Morgan fingerprint density at radius 3 is 1.91 bits per heavy atom. The lowest BCUT2D eigenvalue weighted by Gasteiger charge is -2.15. The van der Waals surface area contributed by atoms with Gasteiger partial charge < -0.3 is 10.6 Å². The van der Waals surface area contributed by atoms with Crippen LogP contribution in [-0.2, 0) is 9.59 Å². The molecule has 0 aromatic carbocycles. The van der Waals surface area contributed by atoms with Gasteiger partial charge in [-0.3, -0.25) is 9.59 Å². The first-order valence-corrected chi connectivity index (χ1v) is 3.52. The van der Waals surface area contributed by atoms with Crippen molar-refractivity contribution in [1.82, 2.24) is 4.90 Å². The predicted molar refractivity (Wildman–Crippen MR) is 39.6 cm³/mol. The second-order valence-corrected chi connectivity index (χ2v) is 3.15. The smallest absolute Gasteiger partial charge is 0.237 e. The van der Waals surface area contributed by atoms with E-state index in [1.165, 1.54) is 4.90 Å². The molecule has 0 heterocycles. The van der Waals surface area contributed by atoms with Gasteiger partial charge in [0.05, 0.1) is 0 Å². The monoisotopic (exact) mass is 156 g/mol. The molecule has 4 nitrogen and oxygen atoms in total. The Bertz CT molecular complexity index is 206. The van der Waals surface area contributed by atoms with Gasteiger partial charge in [0.2, 0.25) is 11.8 Å². The number of hydrogen-bond donors (Lipinski definition) is 1. The Morgan fingerprint density at radius 2 is 1.82 bits per heavy atom. The van der Waals surface area contributed by atoms with Crippen molar-refractivity contribution in [2.75, 3.05) is 14.1 Å². The van der Waals surface area contributed by atoms with Crippen molar-refractivity contribution in [3.8, 4) is 0 Å². The fourth-order valence-corrected chi connectivity index (χ4v) is 1.12. The molecule has 1 saturated carbocycles. The standard InChI is InChI=1S/C7H12N2O2/c1-9(2)6(11)7(3-4-7)5(8)10/h3-4H2,1-2H3,(H2,8,10). The number of amides is 2. The van der Waals surface area contributed by atoms with Crippen LogP contribution in [0.4, 0.5) is 0 Å². The van der Waals surface area contributed by atoms with Crippen LogP contribution < -0.4 is 5.73 Å². The Kier molecular flexibility index (Phi) is 1.62. The molecule has 0 unspecified atom stereocenters. The Morgan fingerprint density at radius 1 is 1.36 bits per heavy atom. The summed E-state index contributed by atoms with van der Waals surface area (Å²) in [5.74, 6) is -0.652. The number of carbonyl (C=O) groups is 2. The van der Waals surface area contributed by atoms with Crippen LogP contribution in [0.25, 0.3) is 0 Å². The van der Waals surface area contributed by atoms with E-state index >= 15 is 0 Å². The van der Waals surface area contributed by atoms with Crippen LogP contribution in [0, 0.1) is 5.41 Å². The van der Waals surface area contributed by atoms with E-state index in [2.05, 4.69) is 0 Å². The van der Waals surface area contributed by atoms with E-state index in [1.807, 2.05) is 0 Å². The van der Waals surface area contributed by atoms with Gasteiger partial charge in [-0.05, 0) is 12.8 Å². The van der Waals surface area contributed by atoms with Crippen LogP contribution >= 0.6 is 0 Å². The number of carbonyl (C=O) groups excluding carboxylic acids is 2. The highest BCUT2D eigenvalue weighted by Crippen LogP contribution is 2.46. The largest absolute Gasteiger partial charge is 0.369 e. The van der Waals surface area contributed by atoms with E-state index < -0.39 is 11.3 Å². The summed E-state index contributed by atoms with van der Waals surface area (Å²) in [6, 6.07) is 0. The highest BCUT2D eigenvalue weighted by Gasteiger charge is 2.55. The summed E-state index contributed by atoms with van der Waals surface area (Å²) in [4.78, 5) is 23.5. The Hall–Kier alpha value is -1.06. The highest BCUT2D eigenvalue weighted by molar-refractivity contribution is 6.07. The second kappa shape index (κ2) is 2.22. The van der Waals surface area contributed by atoms with E-state index in [0.717, 1.165) is 0 Å². The molecule has 62 valence electrons. The topological polar surface area (TPSA) is 63.4 Å². The van der Waals surface area contributed by atoms with Crippen molar-refractivity contribution in [1.29, 1.82) is 0 Å². The SMILES string of the molecule is CN(C)C(=O)C1(C(N)=O)CC1. The van der Waals surface area contributed by atoms with Crippen molar-refractivity contribution in [2.24, 2.45) is 11.1 Å². The Labute approximate surface area is 65.3 Å². The third-order valence-corrected chi connectivity index (χ3v) is 2.04. The van der Waals surface area contributed by atoms with E-state index in [4.69, 9.17) is 5.73 Å². The van der Waals surface area contributed by atoms with Gasteiger partial charge in [-0.15, -0.1) is 0 Å². The van der Waals surface area contributed by atoms with Crippen LogP contribution in [0.5, 0.6) is 0 Å². The number of nitrogens with zero attached hydrogens (tertiary/aromatic N) is 1. The normalized spacial score (nSPS) is 19.1. The quantitative estimate of drug-likeness (QED) is 0.539. The molecular formula is C7H12N2O2. The third-order valence-electron chi connectivity index (χ3n) is 2.04. The number of rotatable bonds is 2. The van der Waals surface area contributed by atoms with Crippen molar-refractivity contribution in [3.05, 3.63) is 0 Å². The van der Waals surface area contributed by atoms with Crippen LogP contribution in [0.15, 0.2) is 0 Å². The van der Waals surface area contributed by atoms with Crippen molar-refractivity contribution >= 4 is 11.8 Å². The molecule has 0 radical (unpaired) electrons. The van der Waals surface area contributed by atoms with Crippen LogP contribution in [0.3, 0.4) is 0 Å². The fourth-order valence-electron chi connectivity index (χ4n) is 1.12. The maximum absolute atomic E-state index is 11.3. The van der Waals surface area contributed by atoms with E-state index in [0.29, 0.717) is 12.8 Å². The lowest BCUT2D eigenvalue weighted by Crippen LogP contribution is -2.39. The fraction of sp³-hybridized carbons (Fsp3) is 0.714. The molecule has 11 heavy (non-hydrogen) atoms. The number of primary amides is 1. The third kappa shape index (κ3) is 1.08. The maximum atomic E-state index is 11.3. The molecular weight excluding hydrogens is 144 g/mol. The average Bonchev–Trinajstić information content (AvgIpc) is 2.65. The van der Waals surface area contributed by atoms with Crippen molar-refractivity contribution in [2.45, 2.75) is 12.8 Å². The predicted octanol–water partition coefficient (Wildman–Crippen LogP) is -0.660. The zero-order valence-corrected chi connectivity index (χ0v) is 6.76. The molecule has 4 heteroatoms. The summed E-state index contributed by atoms with van der Waals surface area (Å²) in [5.41, 5.74) is 4.24. The van der Waals surface area contributed by atoms with Crippen LogP contribution in [0.2, 0.25) is 0 Å². The van der Waals surface area contributed by atoms with Crippen molar-refractivity contribution in [3.63, 3.8) is 0 Å².